The Hall–Kier alpha value is -2.06. The summed E-state index contributed by atoms with van der Waals surface area (Å²) >= 11 is 0. The molecule has 0 aliphatic rings. The molecule has 0 aliphatic heterocycles. The fourth-order valence-corrected chi connectivity index (χ4v) is 2.09. The molecule has 0 saturated heterocycles. The maximum Gasteiger partial charge on any atom is 0.0594 e. The van der Waals surface area contributed by atoms with E-state index in [0.717, 1.165) is 17.8 Å². The van der Waals surface area contributed by atoms with Crippen LogP contribution in [0.4, 0.5) is 0 Å². The Bertz CT molecular complexity index is 528. The Balaban J connectivity index is 5.36. The summed E-state index contributed by atoms with van der Waals surface area (Å²) in [5, 5.41) is 2.17. The summed E-state index contributed by atoms with van der Waals surface area (Å²) in [5.74, 6) is 0. The van der Waals surface area contributed by atoms with E-state index in [2.05, 4.69) is 81.7 Å². The van der Waals surface area contributed by atoms with Crippen molar-refractivity contribution in [2.45, 2.75) is 34.6 Å². The first-order valence-electron chi connectivity index (χ1n) is 8.10. The summed E-state index contributed by atoms with van der Waals surface area (Å²) in [6.07, 6.45) is 16.2. The molecule has 0 aromatic heterocycles. The predicted molar refractivity (Wildman–Crippen MR) is 105 cm³/mol. The van der Waals surface area contributed by atoms with Crippen molar-refractivity contribution >= 4 is 0 Å². The van der Waals surface area contributed by atoms with Crippen LogP contribution in [0.5, 0.6) is 0 Å². The highest BCUT2D eigenvalue weighted by Crippen LogP contribution is 2.14. The topological polar surface area (TPSA) is 15.3 Å². The maximum atomic E-state index is 3.85. The van der Waals surface area contributed by atoms with E-state index < -0.39 is 0 Å². The highest BCUT2D eigenvalue weighted by molar-refractivity contribution is 5.31. The zero-order chi connectivity index (χ0) is 17.7. The molecule has 0 rings (SSSR count). The monoisotopic (exact) mass is 312 g/mol. The summed E-state index contributed by atoms with van der Waals surface area (Å²) in [7, 11) is 0. The SMILES string of the molecule is C=C/C=C(\C=C)CNN(CC(=C/C)/C(C)=C\C)C(/C=C\C)=C/C. The molecular formula is C21H32N2. The van der Waals surface area contributed by atoms with Crippen molar-refractivity contribution in [3.63, 3.8) is 0 Å². The molecule has 0 unspecified atom stereocenters. The summed E-state index contributed by atoms with van der Waals surface area (Å²) in [4.78, 5) is 0. The molecule has 0 spiro atoms. The maximum absolute atomic E-state index is 3.85. The molecule has 1 N–H and O–H groups in total. The van der Waals surface area contributed by atoms with Crippen LogP contribution in [0.15, 0.2) is 84.2 Å². The van der Waals surface area contributed by atoms with Crippen LogP contribution in [-0.2, 0) is 0 Å². The zero-order valence-electron chi connectivity index (χ0n) is 15.4. The number of hydrogen-bond donors (Lipinski definition) is 1. The summed E-state index contributed by atoms with van der Waals surface area (Å²) in [6, 6.07) is 0. The van der Waals surface area contributed by atoms with E-state index in [1.807, 2.05) is 19.1 Å². The van der Waals surface area contributed by atoms with Crippen molar-refractivity contribution in [1.82, 2.24) is 10.4 Å². The largest absolute Gasteiger partial charge is 0.304 e. The Kier molecular flexibility index (Phi) is 11.4. The van der Waals surface area contributed by atoms with Gasteiger partial charge in [-0.1, -0.05) is 61.3 Å². The Labute approximate surface area is 142 Å². The van der Waals surface area contributed by atoms with E-state index in [0.29, 0.717) is 6.54 Å². The van der Waals surface area contributed by atoms with Gasteiger partial charge in [0.2, 0.25) is 0 Å². The van der Waals surface area contributed by atoms with Gasteiger partial charge in [-0.2, -0.15) is 0 Å². The molecule has 0 radical (unpaired) electrons. The van der Waals surface area contributed by atoms with Crippen LogP contribution in [-0.4, -0.2) is 18.1 Å². The quantitative estimate of drug-likeness (QED) is 0.424. The number of nitrogens with zero attached hydrogens (tertiary/aromatic N) is 1. The van der Waals surface area contributed by atoms with E-state index >= 15 is 0 Å². The number of rotatable bonds is 10. The minimum Gasteiger partial charge on any atom is -0.304 e. The fraction of sp³-hybridized carbons (Fsp3) is 0.333. The van der Waals surface area contributed by atoms with Gasteiger partial charge in [0.05, 0.1) is 6.54 Å². The molecule has 0 aromatic carbocycles. The molecule has 23 heavy (non-hydrogen) atoms. The van der Waals surface area contributed by atoms with Crippen LogP contribution in [0.25, 0.3) is 0 Å². The molecule has 126 valence electrons. The van der Waals surface area contributed by atoms with Crippen molar-refractivity contribution in [2.75, 3.05) is 13.1 Å². The predicted octanol–water partition coefficient (Wildman–Crippen LogP) is 5.48. The van der Waals surface area contributed by atoms with Crippen molar-refractivity contribution in [2.24, 2.45) is 0 Å². The number of nitrogens with one attached hydrogen (secondary N) is 1. The lowest BCUT2D eigenvalue weighted by atomic mass is 10.1. The standard InChI is InChI=1S/C21H32N2/c1-8-14-19(11-4)16-22-23(21(13-6)15-9-2)17-20(12-5)18(7)10-3/h8-15,22H,1,4,16-17H2,2-3,5-7H3/b15-9-,18-10-,19-14+,20-12-,21-13+. The van der Waals surface area contributed by atoms with Crippen molar-refractivity contribution in [3.05, 3.63) is 84.2 Å². The van der Waals surface area contributed by atoms with Crippen molar-refractivity contribution < 1.29 is 0 Å². The number of hydrazine groups is 1. The van der Waals surface area contributed by atoms with Crippen LogP contribution in [0.1, 0.15) is 34.6 Å². The Morgan fingerprint density at radius 2 is 1.74 bits per heavy atom. The first-order valence-corrected chi connectivity index (χ1v) is 8.10. The molecule has 2 nitrogen and oxygen atoms in total. The van der Waals surface area contributed by atoms with Gasteiger partial charge in [-0.05, 0) is 51.8 Å². The van der Waals surface area contributed by atoms with E-state index in [1.165, 1.54) is 11.1 Å². The smallest absolute Gasteiger partial charge is 0.0594 e. The molecule has 0 bridgehead atoms. The molecule has 0 saturated carbocycles. The van der Waals surface area contributed by atoms with Crippen molar-refractivity contribution in [3.8, 4) is 0 Å². The third-order valence-electron chi connectivity index (χ3n) is 3.63. The fourth-order valence-electron chi connectivity index (χ4n) is 2.09. The van der Waals surface area contributed by atoms with Crippen molar-refractivity contribution in [1.29, 1.82) is 0 Å². The number of allylic oxidation sites excluding steroid dienone is 7. The molecule has 0 atom stereocenters. The van der Waals surface area contributed by atoms with Gasteiger partial charge in [-0.25, -0.2) is 5.43 Å². The average Bonchev–Trinajstić information content (AvgIpc) is 2.58. The highest BCUT2D eigenvalue weighted by Gasteiger charge is 2.10. The Morgan fingerprint density at radius 1 is 1.04 bits per heavy atom. The second kappa shape index (κ2) is 12.5. The normalized spacial score (nSPS) is 14.3. The lowest BCUT2D eigenvalue weighted by Gasteiger charge is -2.28. The molecular weight excluding hydrogens is 280 g/mol. The lowest BCUT2D eigenvalue weighted by molar-refractivity contribution is 0.286. The third kappa shape index (κ3) is 7.66. The summed E-state index contributed by atoms with van der Waals surface area (Å²) in [6.45, 7) is 19.5. The van der Waals surface area contributed by atoms with E-state index in [4.69, 9.17) is 0 Å². The van der Waals surface area contributed by atoms with E-state index in [-0.39, 0.29) is 0 Å². The van der Waals surface area contributed by atoms with Gasteiger partial charge in [0, 0.05) is 12.2 Å². The van der Waals surface area contributed by atoms with Crippen LogP contribution >= 0.6 is 0 Å². The van der Waals surface area contributed by atoms with Gasteiger partial charge in [-0.15, -0.1) is 0 Å². The molecule has 0 heterocycles. The lowest BCUT2D eigenvalue weighted by Crippen LogP contribution is -2.39. The van der Waals surface area contributed by atoms with E-state index in [9.17, 15) is 0 Å². The summed E-state index contributed by atoms with van der Waals surface area (Å²) in [5.41, 5.74) is 8.33. The highest BCUT2D eigenvalue weighted by atomic mass is 15.5. The van der Waals surface area contributed by atoms with Crippen LogP contribution < -0.4 is 5.43 Å². The first kappa shape index (κ1) is 20.9. The molecule has 0 fully saturated rings. The summed E-state index contributed by atoms with van der Waals surface area (Å²) < 4.78 is 0. The molecule has 2 heteroatoms. The first-order chi connectivity index (χ1) is 11.1. The van der Waals surface area contributed by atoms with Gasteiger partial charge < -0.3 is 5.01 Å². The van der Waals surface area contributed by atoms with E-state index in [1.54, 1.807) is 6.08 Å². The van der Waals surface area contributed by atoms with Gasteiger partial charge in [-0.3, -0.25) is 0 Å². The minimum atomic E-state index is 0.705. The van der Waals surface area contributed by atoms with Crippen LogP contribution in [0.2, 0.25) is 0 Å². The average molecular weight is 313 g/mol. The zero-order valence-corrected chi connectivity index (χ0v) is 15.4. The van der Waals surface area contributed by atoms with Crippen LogP contribution in [0, 0.1) is 0 Å². The second-order valence-corrected chi connectivity index (χ2v) is 5.10. The third-order valence-corrected chi connectivity index (χ3v) is 3.63. The minimum absolute atomic E-state index is 0.705. The van der Waals surface area contributed by atoms with Gasteiger partial charge in [0.25, 0.3) is 0 Å². The second-order valence-electron chi connectivity index (χ2n) is 5.10. The van der Waals surface area contributed by atoms with Gasteiger partial charge in [0.1, 0.15) is 0 Å². The number of hydrogen-bond acceptors (Lipinski definition) is 2. The van der Waals surface area contributed by atoms with Gasteiger partial charge in [0.15, 0.2) is 0 Å². The van der Waals surface area contributed by atoms with Gasteiger partial charge >= 0.3 is 0 Å². The van der Waals surface area contributed by atoms with Crippen LogP contribution in [0.3, 0.4) is 0 Å². The molecule has 0 aromatic rings. The Morgan fingerprint density at radius 3 is 2.17 bits per heavy atom. The molecule has 0 amide bonds. The molecule has 0 aliphatic carbocycles.